The Hall–Kier alpha value is -1.96. The zero-order chi connectivity index (χ0) is 18.2. The van der Waals surface area contributed by atoms with Crippen molar-refractivity contribution in [2.75, 3.05) is 27.2 Å². The number of benzene rings is 1. The van der Waals surface area contributed by atoms with Gasteiger partial charge in [0.1, 0.15) is 6.61 Å². The van der Waals surface area contributed by atoms with Crippen LogP contribution in [0, 0.1) is 0 Å². The van der Waals surface area contributed by atoms with Crippen molar-refractivity contribution in [3.8, 4) is 0 Å². The minimum atomic E-state index is -1.08. The second kappa shape index (κ2) is 9.36. The smallest absolute Gasteiger partial charge is 0.308 e. The van der Waals surface area contributed by atoms with Gasteiger partial charge in [-0.25, -0.2) is 0 Å². The molecule has 1 amide bonds. The van der Waals surface area contributed by atoms with Crippen LogP contribution in [0.1, 0.15) is 18.9 Å². The predicted octanol–water partition coefficient (Wildman–Crippen LogP) is -0.124. The van der Waals surface area contributed by atoms with E-state index in [-0.39, 0.29) is 19.6 Å². The zero-order valence-corrected chi connectivity index (χ0v) is 14.5. The minimum absolute atomic E-state index is 0.0524. The Morgan fingerprint density at radius 1 is 1.33 bits per heavy atom. The molecule has 4 N–H and O–H groups in total. The highest BCUT2D eigenvalue weighted by molar-refractivity contribution is 5.86. The van der Waals surface area contributed by atoms with Crippen LogP contribution in [0.3, 0.4) is 0 Å². The third-order valence-corrected chi connectivity index (χ3v) is 3.27. The molecule has 134 valence electrons. The van der Waals surface area contributed by atoms with E-state index in [9.17, 15) is 14.7 Å². The predicted molar refractivity (Wildman–Crippen MR) is 91.0 cm³/mol. The fourth-order valence-electron chi connectivity index (χ4n) is 2.22. The second-order valence-electron chi connectivity index (χ2n) is 6.41. The monoisotopic (exact) mass is 337 g/mol. The highest BCUT2D eigenvalue weighted by Gasteiger charge is 2.24. The van der Waals surface area contributed by atoms with Gasteiger partial charge in [0.2, 0.25) is 5.91 Å². The summed E-state index contributed by atoms with van der Waals surface area (Å²) in [6.45, 7) is 2.21. The van der Waals surface area contributed by atoms with Crippen LogP contribution in [-0.4, -0.2) is 60.7 Å². The number of nitrogens with one attached hydrogen (secondary N) is 1. The molecule has 0 fully saturated rings. The van der Waals surface area contributed by atoms with Crippen LogP contribution in [0.15, 0.2) is 30.3 Å². The van der Waals surface area contributed by atoms with Crippen molar-refractivity contribution in [3.05, 3.63) is 35.9 Å². The molecule has 0 saturated heterocycles. The van der Waals surface area contributed by atoms with E-state index in [0.717, 1.165) is 5.56 Å². The number of nitrogens with zero attached hydrogens (tertiary/aromatic N) is 1. The number of ether oxygens (including phenoxy) is 1. The van der Waals surface area contributed by atoms with Gasteiger partial charge in [-0.1, -0.05) is 30.3 Å². The van der Waals surface area contributed by atoms with Gasteiger partial charge in [-0.15, -0.1) is 0 Å². The molecule has 1 unspecified atom stereocenters. The number of aliphatic hydroxyl groups is 1. The minimum Gasteiger partial charge on any atom is -0.461 e. The molecule has 0 spiro atoms. The molecular weight excluding hydrogens is 310 g/mol. The number of hydrogen-bond acceptors (Lipinski definition) is 6. The van der Waals surface area contributed by atoms with E-state index in [4.69, 9.17) is 10.5 Å². The number of esters is 1. The first-order valence-electron chi connectivity index (χ1n) is 7.79. The molecule has 2 atom stereocenters. The molecule has 0 aliphatic heterocycles. The molecule has 0 radical (unpaired) electrons. The first kappa shape index (κ1) is 20.1. The van der Waals surface area contributed by atoms with Gasteiger partial charge in [-0.3, -0.25) is 9.59 Å². The van der Waals surface area contributed by atoms with Crippen LogP contribution in [0.5, 0.6) is 0 Å². The van der Waals surface area contributed by atoms with Gasteiger partial charge in [0.15, 0.2) is 0 Å². The van der Waals surface area contributed by atoms with Crippen LogP contribution in [-0.2, 0) is 20.9 Å². The maximum Gasteiger partial charge on any atom is 0.308 e. The van der Waals surface area contributed by atoms with Crippen LogP contribution in [0.2, 0.25) is 0 Å². The summed E-state index contributed by atoms with van der Waals surface area (Å²) in [5, 5.41) is 12.7. The lowest BCUT2D eigenvalue weighted by atomic mass is 10.1. The van der Waals surface area contributed by atoms with Crippen LogP contribution in [0.4, 0.5) is 0 Å². The van der Waals surface area contributed by atoms with E-state index >= 15 is 0 Å². The van der Waals surface area contributed by atoms with Crippen molar-refractivity contribution >= 4 is 11.9 Å². The van der Waals surface area contributed by atoms with Crippen molar-refractivity contribution in [1.82, 2.24) is 10.2 Å². The number of nitrogens with two attached hydrogens (primary N) is 1. The first-order valence-corrected chi connectivity index (χ1v) is 7.79. The van der Waals surface area contributed by atoms with Crippen molar-refractivity contribution in [3.63, 3.8) is 0 Å². The van der Waals surface area contributed by atoms with Crippen LogP contribution in [0.25, 0.3) is 0 Å². The van der Waals surface area contributed by atoms with Crippen molar-refractivity contribution in [2.45, 2.75) is 31.6 Å². The van der Waals surface area contributed by atoms with Gasteiger partial charge in [0.25, 0.3) is 0 Å². The highest BCUT2D eigenvalue weighted by atomic mass is 16.5. The summed E-state index contributed by atoms with van der Waals surface area (Å²) in [5.41, 5.74) is 5.50. The fraction of sp³-hybridized carbons (Fsp3) is 0.529. The second-order valence-corrected chi connectivity index (χ2v) is 6.41. The van der Waals surface area contributed by atoms with E-state index in [0.29, 0.717) is 6.54 Å². The molecule has 0 bridgehead atoms. The van der Waals surface area contributed by atoms with Gasteiger partial charge in [0, 0.05) is 13.1 Å². The summed E-state index contributed by atoms with van der Waals surface area (Å²) in [7, 11) is 3.65. The Morgan fingerprint density at radius 2 is 1.96 bits per heavy atom. The van der Waals surface area contributed by atoms with Gasteiger partial charge in [0.05, 0.1) is 18.1 Å². The molecule has 7 heteroatoms. The lowest BCUT2D eigenvalue weighted by molar-refractivity contribution is -0.146. The number of likely N-dealkylation sites (N-methyl/N-ethyl adjacent to an activating group) is 1. The highest BCUT2D eigenvalue weighted by Crippen LogP contribution is 2.04. The summed E-state index contributed by atoms with van der Waals surface area (Å²) in [5.74, 6) is -1.03. The first-order chi connectivity index (χ1) is 11.2. The van der Waals surface area contributed by atoms with Crippen molar-refractivity contribution < 1.29 is 19.4 Å². The van der Waals surface area contributed by atoms with Gasteiger partial charge >= 0.3 is 5.97 Å². The summed E-state index contributed by atoms with van der Waals surface area (Å²) < 4.78 is 5.09. The molecule has 0 saturated carbocycles. The van der Waals surface area contributed by atoms with Crippen LogP contribution < -0.4 is 11.1 Å². The molecule has 0 aliphatic rings. The summed E-state index contributed by atoms with van der Waals surface area (Å²) in [6.07, 6.45) is -0.214. The molecule has 0 aromatic heterocycles. The Kier molecular flexibility index (Phi) is 7.84. The van der Waals surface area contributed by atoms with E-state index in [1.807, 2.05) is 49.3 Å². The Balaban J connectivity index is 2.34. The van der Waals surface area contributed by atoms with E-state index in [2.05, 4.69) is 5.32 Å². The van der Waals surface area contributed by atoms with Crippen LogP contribution >= 0.6 is 0 Å². The molecule has 24 heavy (non-hydrogen) atoms. The maximum atomic E-state index is 11.9. The number of carbonyl (C=O) groups is 2. The Bertz CT molecular complexity index is 532. The van der Waals surface area contributed by atoms with Crippen molar-refractivity contribution in [2.24, 2.45) is 5.73 Å². The average molecular weight is 337 g/mol. The molecule has 0 heterocycles. The number of amides is 1. The Morgan fingerprint density at radius 3 is 2.54 bits per heavy atom. The SMILES string of the molecule is CN(C)CC(C)(O)CNC(=O)[C@@H](N)CC(=O)OCc1ccccc1. The Labute approximate surface area is 142 Å². The number of rotatable bonds is 9. The molecule has 1 rings (SSSR count). The van der Waals surface area contributed by atoms with Crippen molar-refractivity contribution in [1.29, 1.82) is 0 Å². The number of hydrogen-bond donors (Lipinski definition) is 3. The third-order valence-electron chi connectivity index (χ3n) is 3.27. The van der Waals surface area contributed by atoms with Gasteiger partial charge in [-0.05, 0) is 26.6 Å². The van der Waals surface area contributed by atoms with Gasteiger partial charge in [-0.2, -0.15) is 0 Å². The molecule has 1 aromatic rings. The molecule has 0 aliphatic carbocycles. The number of carbonyl (C=O) groups excluding carboxylic acids is 2. The average Bonchev–Trinajstić information content (AvgIpc) is 2.50. The normalized spacial score (nSPS) is 14.8. The zero-order valence-electron chi connectivity index (χ0n) is 14.5. The lowest BCUT2D eigenvalue weighted by Crippen LogP contribution is -2.51. The quantitative estimate of drug-likeness (QED) is 0.543. The molecule has 7 nitrogen and oxygen atoms in total. The summed E-state index contributed by atoms with van der Waals surface area (Å²) in [4.78, 5) is 25.5. The summed E-state index contributed by atoms with van der Waals surface area (Å²) >= 11 is 0. The van der Waals surface area contributed by atoms with E-state index in [1.54, 1.807) is 6.92 Å². The molecular formula is C17H27N3O4. The largest absolute Gasteiger partial charge is 0.461 e. The summed E-state index contributed by atoms with van der Waals surface area (Å²) in [6, 6.07) is 8.24. The maximum absolute atomic E-state index is 11.9. The van der Waals surface area contributed by atoms with E-state index < -0.39 is 23.5 Å². The van der Waals surface area contributed by atoms with Gasteiger partial charge < -0.3 is 25.8 Å². The fourth-order valence-corrected chi connectivity index (χ4v) is 2.22. The standard InChI is InChI=1S/C17H27N3O4/c1-17(23,12-20(2)3)11-19-16(22)14(18)9-15(21)24-10-13-7-5-4-6-8-13/h4-8,14,23H,9-12,18H2,1-3H3,(H,19,22)/t14-,17?/m0/s1. The topological polar surface area (TPSA) is 105 Å². The lowest BCUT2D eigenvalue weighted by Gasteiger charge is -2.27. The molecule has 1 aromatic carbocycles. The van der Waals surface area contributed by atoms with E-state index in [1.165, 1.54) is 0 Å². The third kappa shape index (κ3) is 8.05.